The quantitative estimate of drug-likeness (QED) is 0.662. The molecule has 0 bridgehead atoms. The van der Waals surface area contributed by atoms with E-state index in [1.165, 1.54) is 4.31 Å². The highest BCUT2D eigenvalue weighted by Crippen LogP contribution is 2.36. The average Bonchev–Trinajstić information content (AvgIpc) is 3.08. The summed E-state index contributed by atoms with van der Waals surface area (Å²) in [5.74, 6) is 0.782. The first-order valence-electron chi connectivity index (χ1n) is 11.9. The number of benzene rings is 1. The van der Waals surface area contributed by atoms with Crippen molar-refractivity contribution in [2.24, 2.45) is 5.92 Å². The molecule has 1 aromatic carbocycles. The topological polar surface area (TPSA) is 105 Å². The van der Waals surface area contributed by atoms with Crippen LogP contribution in [0.25, 0.3) is 0 Å². The lowest BCUT2D eigenvalue weighted by molar-refractivity contribution is -0.128. The first-order valence-corrected chi connectivity index (χ1v) is 13.4. The van der Waals surface area contributed by atoms with E-state index >= 15 is 0 Å². The summed E-state index contributed by atoms with van der Waals surface area (Å²) in [5.41, 5.74) is 1.18. The standard InChI is InChI=1S/C24H34N4O4S/c1-17-8-9-21(18(2)16-17)33(30,31)28-14-10-20(11-15-28)22(29)26-24(12-6-4-5-7-13-24)23-25-19(3)32-27-23/h8-9,16,20H,4-7,10-15H2,1-3H3,(H,26,29). The van der Waals surface area contributed by atoms with Gasteiger partial charge in [-0.3, -0.25) is 4.79 Å². The molecule has 1 amide bonds. The molecule has 180 valence electrons. The molecule has 1 saturated carbocycles. The minimum Gasteiger partial charge on any atom is -0.343 e. The maximum atomic E-state index is 13.3. The molecule has 2 fully saturated rings. The summed E-state index contributed by atoms with van der Waals surface area (Å²) in [6.07, 6.45) is 6.83. The van der Waals surface area contributed by atoms with Crippen LogP contribution in [-0.4, -0.2) is 41.9 Å². The predicted octanol–water partition coefficient (Wildman–Crippen LogP) is 3.76. The molecule has 33 heavy (non-hydrogen) atoms. The second kappa shape index (κ2) is 9.54. The summed E-state index contributed by atoms with van der Waals surface area (Å²) in [4.78, 5) is 18.1. The molecule has 4 rings (SSSR count). The number of aryl methyl sites for hydroxylation is 3. The van der Waals surface area contributed by atoms with Gasteiger partial charge in [0.05, 0.1) is 4.90 Å². The number of nitrogens with zero attached hydrogens (tertiary/aromatic N) is 3. The minimum absolute atomic E-state index is 0.0390. The molecule has 0 radical (unpaired) electrons. The van der Waals surface area contributed by atoms with Crippen molar-refractivity contribution in [2.45, 2.75) is 82.6 Å². The van der Waals surface area contributed by atoms with Crippen molar-refractivity contribution < 1.29 is 17.7 Å². The SMILES string of the molecule is Cc1ccc(S(=O)(=O)N2CCC(C(=O)NC3(c4noc(C)n4)CCCCCC3)CC2)c(C)c1. The Morgan fingerprint density at radius 2 is 1.76 bits per heavy atom. The van der Waals surface area contributed by atoms with Gasteiger partial charge in [0, 0.05) is 25.9 Å². The predicted molar refractivity (Wildman–Crippen MR) is 124 cm³/mol. The third kappa shape index (κ3) is 4.99. The lowest BCUT2D eigenvalue weighted by atomic mass is 9.87. The number of piperidine rings is 1. The van der Waals surface area contributed by atoms with Crippen LogP contribution in [-0.2, 0) is 20.4 Å². The van der Waals surface area contributed by atoms with Gasteiger partial charge in [0.2, 0.25) is 21.8 Å². The Labute approximate surface area is 196 Å². The number of rotatable bonds is 5. The third-order valence-electron chi connectivity index (χ3n) is 7.05. The highest BCUT2D eigenvalue weighted by molar-refractivity contribution is 7.89. The first kappa shape index (κ1) is 23.9. The van der Waals surface area contributed by atoms with E-state index in [1.54, 1.807) is 13.0 Å². The van der Waals surface area contributed by atoms with Gasteiger partial charge in [-0.05, 0) is 51.2 Å². The van der Waals surface area contributed by atoms with Crippen molar-refractivity contribution in [3.05, 3.63) is 41.0 Å². The summed E-state index contributed by atoms with van der Waals surface area (Å²) in [7, 11) is -3.57. The number of nitrogens with one attached hydrogen (secondary N) is 1. The molecule has 1 saturated heterocycles. The molecule has 1 aromatic heterocycles. The number of hydrogen-bond acceptors (Lipinski definition) is 6. The summed E-state index contributed by atoms with van der Waals surface area (Å²) in [6.45, 7) is 6.20. The zero-order chi connectivity index (χ0) is 23.6. The van der Waals surface area contributed by atoms with Gasteiger partial charge in [-0.1, -0.05) is 48.5 Å². The van der Waals surface area contributed by atoms with Gasteiger partial charge in [0.25, 0.3) is 0 Å². The van der Waals surface area contributed by atoms with E-state index in [4.69, 9.17) is 4.52 Å². The molecule has 0 unspecified atom stereocenters. The molecule has 8 nitrogen and oxygen atoms in total. The van der Waals surface area contributed by atoms with E-state index in [2.05, 4.69) is 15.5 Å². The summed E-state index contributed by atoms with van der Waals surface area (Å²) < 4.78 is 33.1. The van der Waals surface area contributed by atoms with Crippen molar-refractivity contribution >= 4 is 15.9 Å². The molecule has 9 heteroatoms. The maximum Gasteiger partial charge on any atom is 0.243 e. The van der Waals surface area contributed by atoms with Crippen LogP contribution in [0.4, 0.5) is 0 Å². The molecule has 0 spiro atoms. The van der Waals surface area contributed by atoms with Gasteiger partial charge in [-0.15, -0.1) is 0 Å². The van der Waals surface area contributed by atoms with Crippen molar-refractivity contribution in [2.75, 3.05) is 13.1 Å². The Morgan fingerprint density at radius 3 is 2.33 bits per heavy atom. The molecule has 1 aliphatic heterocycles. The summed E-state index contributed by atoms with van der Waals surface area (Å²) >= 11 is 0. The van der Waals surface area contributed by atoms with Crippen LogP contribution in [0.3, 0.4) is 0 Å². The molecule has 2 aliphatic rings. The van der Waals surface area contributed by atoms with Gasteiger partial charge in [-0.25, -0.2) is 8.42 Å². The van der Waals surface area contributed by atoms with E-state index in [0.717, 1.165) is 49.7 Å². The Hall–Kier alpha value is -2.26. The fourth-order valence-electron chi connectivity index (χ4n) is 5.15. The van der Waals surface area contributed by atoms with Crippen molar-refractivity contribution in [3.8, 4) is 0 Å². The van der Waals surface area contributed by atoms with Gasteiger partial charge in [0.1, 0.15) is 5.54 Å². The first-order chi connectivity index (χ1) is 15.7. The van der Waals surface area contributed by atoms with E-state index in [1.807, 2.05) is 26.0 Å². The van der Waals surface area contributed by atoms with Gasteiger partial charge >= 0.3 is 0 Å². The molecule has 0 atom stereocenters. The third-order valence-corrected chi connectivity index (χ3v) is 9.11. The molecule has 2 aromatic rings. The molecule has 1 aliphatic carbocycles. The van der Waals surface area contributed by atoms with Crippen LogP contribution in [0.5, 0.6) is 0 Å². The van der Waals surface area contributed by atoms with E-state index in [-0.39, 0.29) is 11.8 Å². The van der Waals surface area contributed by atoms with E-state index < -0.39 is 15.6 Å². The van der Waals surface area contributed by atoms with Crippen molar-refractivity contribution in [1.29, 1.82) is 0 Å². The molecular formula is C24H34N4O4S. The Kier molecular flexibility index (Phi) is 6.91. The second-order valence-electron chi connectivity index (χ2n) is 9.57. The van der Waals surface area contributed by atoms with Crippen LogP contribution in [0, 0.1) is 26.7 Å². The van der Waals surface area contributed by atoms with Crippen molar-refractivity contribution in [1.82, 2.24) is 19.8 Å². The van der Waals surface area contributed by atoms with Crippen molar-refractivity contribution in [3.63, 3.8) is 0 Å². The summed E-state index contributed by atoms with van der Waals surface area (Å²) in [5, 5.41) is 7.44. The fraction of sp³-hybridized carbons (Fsp3) is 0.625. The largest absolute Gasteiger partial charge is 0.343 e. The van der Waals surface area contributed by atoms with Crippen LogP contribution in [0.2, 0.25) is 0 Å². The second-order valence-corrected chi connectivity index (χ2v) is 11.5. The normalized spacial score (nSPS) is 20.3. The Balaban J connectivity index is 1.45. The number of hydrogen-bond donors (Lipinski definition) is 1. The molecule has 2 heterocycles. The number of carbonyl (C=O) groups is 1. The van der Waals surface area contributed by atoms with E-state index in [0.29, 0.717) is 42.5 Å². The number of aromatic nitrogens is 2. The lowest BCUT2D eigenvalue weighted by Gasteiger charge is -2.35. The van der Waals surface area contributed by atoms with Crippen LogP contribution < -0.4 is 5.32 Å². The van der Waals surface area contributed by atoms with Crippen LogP contribution in [0.15, 0.2) is 27.6 Å². The minimum atomic E-state index is -3.57. The smallest absolute Gasteiger partial charge is 0.243 e. The lowest BCUT2D eigenvalue weighted by Crippen LogP contribution is -2.51. The zero-order valence-corrected chi connectivity index (χ0v) is 20.6. The zero-order valence-electron chi connectivity index (χ0n) is 19.8. The van der Waals surface area contributed by atoms with Gasteiger partial charge in [0.15, 0.2) is 5.82 Å². The highest BCUT2D eigenvalue weighted by atomic mass is 32.2. The number of sulfonamides is 1. The molecule has 1 N–H and O–H groups in total. The monoisotopic (exact) mass is 474 g/mol. The number of carbonyl (C=O) groups excluding carboxylic acids is 1. The number of amides is 1. The van der Waals surface area contributed by atoms with Gasteiger partial charge < -0.3 is 9.84 Å². The van der Waals surface area contributed by atoms with Gasteiger partial charge in [-0.2, -0.15) is 9.29 Å². The fourth-order valence-corrected chi connectivity index (χ4v) is 6.83. The summed E-state index contributed by atoms with van der Waals surface area (Å²) in [6, 6.07) is 5.40. The van der Waals surface area contributed by atoms with Crippen LogP contribution in [0.1, 0.15) is 74.2 Å². The van der Waals surface area contributed by atoms with E-state index in [9.17, 15) is 13.2 Å². The molecular weight excluding hydrogens is 440 g/mol. The Bertz CT molecular complexity index is 1100. The maximum absolute atomic E-state index is 13.3. The Morgan fingerprint density at radius 1 is 1.09 bits per heavy atom. The average molecular weight is 475 g/mol. The van der Waals surface area contributed by atoms with Crippen LogP contribution >= 0.6 is 0 Å². The highest BCUT2D eigenvalue weighted by Gasteiger charge is 2.41.